The molecule has 0 spiro atoms. The SMILES string of the molecule is CCCCCCCCCCCCCCCCCC[N+]1=C(C)C(C)(C)c2c1ccc1ccccc21. The molecule has 0 aromatic heterocycles. The third-order valence-electron chi connectivity index (χ3n) is 8.37. The molecule has 2 aromatic carbocycles. The summed E-state index contributed by atoms with van der Waals surface area (Å²) >= 11 is 0. The maximum atomic E-state index is 2.62. The van der Waals surface area contributed by atoms with Gasteiger partial charge in [-0.15, -0.1) is 0 Å². The largest absolute Gasteiger partial charge is 0.210 e. The summed E-state index contributed by atoms with van der Waals surface area (Å²) in [5.41, 5.74) is 4.60. The second-order valence-electron chi connectivity index (χ2n) is 11.3. The quantitative estimate of drug-likeness (QED) is 0.162. The number of unbranched alkanes of at least 4 members (excludes halogenated alkanes) is 15. The maximum Gasteiger partial charge on any atom is 0.210 e. The number of fused-ring (bicyclic) bond motifs is 3. The lowest BCUT2D eigenvalue weighted by Crippen LogP contribution is -2.26. The predicted octanol–water partition coefficient (Wildman–Crippen LogP) is 10.5. The Balaban J connectivity index is 1.28. The van der Waals surface area contributed by atoms with E-state index >= 15 is 0 Å². The Morgan fingerprint density at radius 3 is 1.68 bits per heavy atom. The highest BCUT2D eigenvalue weighted by atomic mass is 15.1. The van der Waals surface area contributed by atoms with E-state index in [2.05, 4.69) is 68.7 Å². The molecular weight excluding hydrogens is 410 g/mol. The van der Waals surface area contributed by atoms with Crippen LogP contribution in [-0.2, 0) is 5.41 Å². The summed E-state index contributed by atoms with van der Waals surface area (Å²) < 4.78 is 2.62. The Bertz CT molecular complexity index is 904. The minimum absolute atomic E-state index is 0.116. The molecule has 2 aromatic rings. The molecule has 0 radical (unpaired) electrons. The fourth-order valence-corrected chi connectivity index (χ4v) is 5.95. The third-order valence-corrected chi connectivity index (χ3v) is 8.37. The number of hydrogen-bond acceptors (Lipinski definition) is 0. The molecule has 0 aliphatic carbocycles. The first-order chi connectivity index (χ1) is 16.6. The summed E-state index contributed by atoms with van der Waals surface area (Å²) in [7, 11) is 0. The Kier molecular flexibility index (Phi) is 11.1. The first-order valence-electron chi connectivity index (χ1n) is 14.7. The second kappa shape index (κ2) is 14.1. The summed E-state index contributed by atoms with van der Waals surface area (Å²) in [6.07, 6.45) is 22.9. The highest BCUT2D eigenvalue weighted by molar-refractivity contribution is 6.01. The monoisotopic (exact) mass is 462 g/mol. The molecule has 0 atom stereocenters. The Hall–Kier alpha value is -1.63. The number of rotatable bonds is 17. The Morgan fingerprint density at radius 2 is 1.12 bits per heavy atom. The van der Waals surface area contributed by atoms with E-state index in [1.807, 2.05) is 0 Å². The zero-order chi connectivity index (χ0) is 24.2. The lowest BCUT2D eigenvalue weighted by Gasteiger charge is -2.17. The van der Waals surface area contributed by atoms with Gasteiger partial charge in [0.15, 0.2) is 5.71 Å². The standard InChI is InChI=1S/C33H52N/c1-5-6-7-8-9-10-11-12-13-14-15-16-17-18-19-22-27-34-28(2)33(3,4)32-30-24-21-20-23-29(30)25-26-31(32)34/h20-21,23-26H,5-19,22,27H2,1-4H3/q+1. The molecule has 1 heterocycles. The molecule has 0 saturated carbocycles. The zero-order valence-corrected chi connectivity index (χ0v) is 22.9. The van der Waals surface area contributed by atoms with Gasteiger partial charge in [0.25, 0.3) is 0 Å². The van der Waals surface area contributed by atoms with Crippen molar-refractivity contribution >= 4 is 22.2 Å². The lowest BCUT2D eigenvalue weighted by atomic mass is 9.80. The van der Waals surface area contributed by atoms with Crippen LogP contribution in [0.15, 0.2) is 36.4 Å². The zero-order valence-electron chi connectivity index (χ0n) is 22.9. The van der Waals surface area contributed by atoms with Gasteiger partial charge in [-0.25, -0.2) is 0 Å². The summed E-state index contributed by atoms with van der Waals surface area (Å²) in [5.74, 6) is 0. The van der Waals surface area contributed by atoms with Gasteiger partial charge in [-0.1, -0.05) is 121 Å². The third kappa shape index (κ3) is 7.19. The van der Waals surface area contributed by atoms with Gasteiger partial charge in [0.05, 0.1) is 5.41 Å². The normalized spacial score (nSPS) is 14.8. The molecule has 0 bridgehead atoms. The Morgan fingerprint density at radius 1 is 0.618 bits per heavy atom. The predicted molar refractivity (Wildman–Crippen MR) is 152 cm³/mol. The molecule has 1 aliphatic heterocycles. The fraction of sp³-hybridized carbons (Fsp3) is 0.667. The highest BCUT2D eigenvalue weighted by Gasteiger charge is 2.43. The van der Waals surface area contributed by atoms with Gasteiger partial charge >= 0.3 is 0 Å². The van der Waals surface area contributed by atoms with Crippen LogP contribution in [0.2, 0.25) is 0 Å². The summed E-state index contributed by atoms with van der Waals surface area (Å²) in [6.45, 7) is 10.6. The van der Waals surface area contributed by atoms with Crippen molar-refractivity contribution < 1.29 is 4.58 Å². The molecule has 0 saturated heterocycles. The van der Waals surface area contributed by atoms with E-state index < -0.39 is 0 Å². The van der Waals surface area contributed by atoms with Crippen LogP contribution in [0, 0.1) is 0 Å². The topological polar surface area (TPSA) is 3.01 Å². The first-order valence-corrected chi connectivity index (χ1v) is 14.7. The van der Waals surface area contributed by atoms with Crippen molar-refractivity contribution in [3.8, 4) is 0 Å². The van der Waals surface area contributed by atoms with Crippen molar-refractivity contribution in [2.45, 2.75) is 136 Å². The molecule has 1 heteroatoms. The number of nitrogens with zero attached hydrogens (tertiary/aromatic N) is 1. The summed E-state index contributed by atoms with van der Waals surface area (Å²) in [6, 6.07) is 13.6. The van der Waals surface area contributed by atoms with Crippen LogP contribution in [0.5, 0.6) is 0 Å². The fourth-order valence-electron chi connectivity index (χ4n) is 5.95. The van der Waals surface area contributed by atoms with E-state index in [0.29, 0.717) is 0 Å². The minimum atomic E-state index is 0.116. The molecule has 0 N–H and O–H groups in total. The van der Waals surface area contributed by atoms with Gasteiger partial charge in [-0.3, -0.25) is 0 Å². The van der Waals surface area contributed by atoms with Crippen molar-refractivity contribution in [3.05, 3.63) is 42.0 Å². The molecule has 0 fully saturated rings. The van der Waals surface area contributed by atoms with E-state index in [9.17, 15) is 0 Å². The van der Waals surface area contributed by atoms with Gasteiger partial charge in [0.1, 0.15) is 6.54 Å². The molecular formula is C33H52N+. The van der Waals surface area contributed by atoms with Crippen molar-refractivity contribution in [1.82, 2.24) is 0 Å². The van der Waals surface area contributed by atoms with E-state index in [4.69, 9.17) is 0 Å². The van der Waals surface area contributed by atoms with Crippen molar-refractivity contribution in [1.29, 1.82) is 0 Å². The molecule has 3 rings (SSSR count). The van der Waals surface area contributed by atoms with Gasteiger partial charge < -0.3 is 0 Å². The molecule has 0 unspecified atom stereocenters. The first kappa shape index (κ1) is 27.0. The smallest absolute Gasteiger partial charge is 0.199 e. The maximum absolute atomic E-state index is 2.62. The molecule has 1 aliphatic rings. The lowest BCUT2D eigenvalue weighted by molar-refractivity contribution is -0.439. The van der Waals surface area contributed by atoms with E-state index in [1.165, 1.54) is 137 Å². The Labute approximate surface area is 211 Å². The van der Waals surface area contributed by atoms with Gasteiger partial charge in [0.2, 0.25) is 5.69 Å². The van der Waals surface area contributed by atoms with E-state index in [1.54, 1.807) is 0 Å². The van der Waals surface area contributed by atoms with Crippen molar-refractivity contribution in [2.75, 3.05) is 6.54 Å². The average molecular weight is 463 g/mol. The van der Waals surface area contributed by atoms with Crippen LogP contribution in [-0.4, -0.2) is 16.8 Å². The summed E-state index contributed by atoms with van der Waals surface area (Å²) in [4.78, 5) is 0. The van der Waals surface area contributed by atoms with Crippen molar-refractivity contribution in [2.24, 2.45) is 0 Å². The van der Waals surface area contributed by atoms with Crippen LogP contribution < -0.4 is 0 Å². The van der Waals surface area contributed by atoms with Crippen LogP contribution in [0.4, 0.5) is 5.69 Å². The number of benzene rings is 2. The minimum Gasteiger partial charge on any atom is -0.199 e. The number of hydrogen-bond donors (Lipinski definition) is 0. The molecule has 1 nitrogen and oxygen atoms in total. The second-order valence-corrected chi connectivity index (χ2v) is 11.3. The van der Waals surface area contributed by atoms with Gasteiger partial charge in [-0.2, -0.15) is 4.58 Å². The van der Waals surface area contributed by atoms with Gasteiger partial charge in [0, 0.05) is 25.0 Å². The highest BCUT2D eigenvalue weighted by Crippen LogP contribution is 2.43. The summed E-state index contributed by atoms with van der Waals surface area (Å²) in [5, 5.41) is 2.80. The van der Waals surface area contributed by atoms with E-state index in [0.717, 1.165) is 0 Å². The molecule has 0 amide bonds. The molecule has 34 heavy (non-hydrogen) atoms. The molecule has 188 valence electrons. The van der Waals surface area contributed by atoms with Crippen LogP contribution >= 0.6 is 0 Å². The van der Waals surface area contributed by atoms with Crippen LogP contribution in [0.3, 0.4) is 0 Å². The van der Waals surface area contributed by atoms with E-state index in [-0.39, 0.29) is 5.41 Å². The van der Waals surface area contributed by atoms with Crippen LogP contribution in [0.25, 0.3) is 10.8 Å². The average Bonchev–Trinajstić information content (AvgIpc) is 3.04. The van der Waals surface area contributed by atoms with Crippen LogP contribution in [0.1, 0.15) is 136 Å². The van der Waals surface area contributed by atoms with Gasteiger partial charge in [-0.05, 0) is 37.1 Å². The van der Waals surface area contributed by atoms with Crippen molar-refractivity contribution in [3.63, 3.8) is 0 Å².